The molecule has 0 saturated carbocycles. The SMILES string of the molecule is Cc1cc(NC(=O)Cn2ccnc2)n(C)n1. The Labute approximate surface area is 92.9 Å². The standard InChI is InChI=1S/C10H13N5O/c1-8-5-9(14(2)13-8)12-10(16)6-15-4-3-11-7-15/h3-5,7H,6H2,1-2H3,(H,12,16). The number of carbonyl (C=O) groups is 1. The molecule has 0 bridgehead atoms. The minimum absolute atomic E-state index is 0.0963. The largest absolute Gasteiger partial charge is 0.328 e. The summed E-state index contributed by atoms with van der Waals surface area (Å²) in [5, 5.41) is 6.93. The number of imidazole rings is 1. The lowest BCUT2D eigenvalue weighted by atomic mass is 10.4. The molecule has 0 spiro atoms. The number of aromatic nitrogens is 4. The summed E-state index contributed by atoms with van der Waals surface area (Å²) in [7, 11) is 1.79. The quantitative estimate of drug-likeness (QED) is 0.820. The van der Waals surface area contributed by atoms with Gasteiger partial charge in [0.2, 0.25) is 5.91 Å². The maximum absolute atomic E-state index is 11.6. The fraction of sp³-hybridized carbons (Fsp3) is 0.300. The Bertz CT molecular complexity index is 485. The monoisotopic (exact) mass is 219 g/mol. The van der Waals surface area contributed by atoms with E-state index in [1.54, 1.807) is 35.0 Å². The van der Waals surface area contributed by atoms with Gasteiger partial charge in [0.25, 0.3) is 0 Å². The van der Waals surface area contributed by atoms with E-state index in [0.717, 1.165) is 5.69 Å². The Morgan fingerprint density at radius 3 is 2.94 bits per heavy atom. The molecular weight excluding hydrogens is 206 g/mol. The number of hydrogen-bond donors (Lipinski definition) is 1. The number of anilines is 1. The minimum Gasteiger partial charge on any atom is -0.328 e. The molecule has 0 fully saturated rings. The summed E-state index contributed by atoms with van der Waals surface area (Å²) in [6.45, 7) is 2.13. The van der Waals surface area contributed by atoms with Crippen LogP contribution in [0.2, 0.25) is 0 Å². The molecule has 6 nitrogen and oxygen atoms in total. The molecule has 2 heterocycles. The fourth-order valence-electron chi connectivity index (χ4n) is 1.46. The predicted molar refractivity (Wildman–Crippen MR) is 58.8 cm³/mol. The number of aryl methyl sites for hydroxylation is 2. The number of rotatable bonds is 3. The van der Waals surface area contributed by atoms with Crippen LogP contribution in [0.15, 0.2) is 24.8 Å². The Balaban J connectivity index is 2.00. The van der Waals surface area contributed by atoms with Crippen molar-refractivity contribution in [3.05, 3.63) is 30.5 Å². The van der Waals surface area contributed by atoms with Crippen LogP contribution in [0.25, 0.3) is 0 Å². The molecule has 6 heteroatoms. The molecule has 0 saturated heterocycles. The Morgan fingerprint density at radius 1 is 1.56 bits per heavy atom. The molecule has 0 aliphatic heterocycles. The van der Waals surface area contributed by atoms with Crippen molar-refractivity contribution in [1.82, 2.24) is 19.3 Å². The van der Waals surface area contributed by atoms with Crippen LogP contribution in [0, 0.1) is 6.92 Å². The zero-order valence-electron chi connectivity index (χ0n) is 9.21. The van der Waals surface area contributed by atoms with Gasteiger partial charge in [0.1, 0.15) is 12.4 Å². The second kappa shape index (κ2) is 4.18. The van der Waals surface area contributed by atoms with E-state index in [9.17, 15) is 4.79 Å². The lowest BCUT2D eigenvalue weighted by molar-refractivity contribution is -0.116. The number of nitrogens with zero attached hydrogens (tertiary/aromatic N) is 4. The summed E-state index contributed by atoms with van der Waals surface area (Å²) in [4.78, 5) is 15.5. The van der Waals surface area contributed by atoms with Gasteiger partial charge in [0, 0.05) is 25.5 Å². The molecule has 0 radical (unpaired) electrons. The van der Waals surface area contributed by atoms with Crippen LogP contribution < -0.4 is 5.32 Å². The normalized spacial score (nSPS) is 10.4. The number of hydrogen-bond acceptors (Lipinski definition) is 3. The highest BCUT2D eigenvalue weighted by Gasteiger charge is 2.07. The van der Waals surface area contributed by atoms with E-state index >= 15 is 0 Å². The zero-order chi connectivity index (χ0) is 11.5. The van der Waals surface area contributed by atoms with Gasteiger partial charge in [0.15, 0.2) is 0 Å². The highest BCUT2D eigenvalue weighted by molar-refractivity contribution is 5.89. The molecule has 0 aromatic carbocycles. The summed E-state index contributed by atoms with van der Waals surface area (Å²) in [5.74, 6) is 0.601. The van der Waals surface area contributed by atoms with Gasteiger partial charge >= 0.3 is 0 Å². The Morgan fingerprint density at radius 2 is 2.38 bits per heavy atom. The van der Waals surface area contributed by atoms with E-state index in [1.165, 1.54) is 0 Å². The molecule has 1 amide bonds. The van der Waals surface area contributed by atoms with E-state index in [0.29, 0.717) is 5.82 Å². The average Bonchev–Trinajstić information content (AvgIpc) is 2.78. The van der Waals surface area contributed by atoms with Crippen molar-refractivity contribution in [3.8, 4) is 0 Å². The molecule has 2 rings (SSSR count). The van der Waals surface area contributed by atoms with E-state index in [4.69, 9.17) is 0 Å². The first-order valence-electron chi connectivity index (χ1n) is 4.91. The molecule has 0 atom stereocenters. The molecule has 84 valence electrons. The van der Waals surface area contributed by atoms with Gasteiger partial charge in [-0.25, -0.2) is 4.98 Å². The van der Waals surface area contributed by atoms with Gasteiger partial charge in [-0.2, -0.15) is 5.10 Å². The van der Waals surface area contributed by atoms with Gasteiger partial charge in [-0.05, 0) is 6.92 Å². The van der Waals surface area contributed by atoms with E-state index in [-0.39, 0.29) is 12.5 Å². The van der Waals surface area contributed by atoms with Crippen molar-refractivity contribution < 1.29 is 4.79 Å². The van der Waals surface area contributed by atoms with Crippen LogP contribution in [0.5, 0.6) is 0 Å². The van der Waals surface area contributed by atoms with Crippen LogP contribution >= 0.6 is 0 Å². The summed E-state index contributed by atoms with van der Waals surface area (Å²) in [6, 6.07) is 1.83. The third-order valence-electron chi connectivity index (χ3n) is 2.15. The summed E-state index contributed by atoms with van der Waals surface area (Å²) < 4.78 is 3.35. The van der Waals surface area contributed by atoms with Crippen molar-refractivity contribution >= 4 is 11.7 Å². The van der Waals surface area contributed by atoms with E-state index in [1.807, 2.05) is 13.0 Å². The summed E-state index contributed by atoms with van der Waals surface area (Å²) in [5.41, 5.74) is 0.875. The lowest BCUT2D eigenvalue weighted by Gasteiger charge is -2.05. The van der Waals surface area contributed by atoms with Gasteiger partial charge < -0.3 is 9.88 Å². The van der Waals surface area contributed by atoms with Crippen LogP contribution in [-0.4, -0.2) is 25.2 Å². The maximum Gasteiger partial charge on any atom is 0.245 e. The van der Waals surface area contributed by atoms with Gasteiger partial charge in [-0.1, -0.05) is 0 Å². The Hall–Kier alpha value is -2.11. The predicted octanol–water partition coefficient (Wildman–Crippen LogP) is 0.564. The fourth-order valence-corrected chi connectivity index (χ4v) is 1.46. The molecule has 0 aliphatic carbocycles. The first-order chi connectivity index (χ1) is 7.65. The zero-order valence-corrected chi connectivity index (χ0v) is 9.21. The third kappa shape index (κ3) is 2.28. The minimum atomic E-state index is -0.0963. The van der Waals surface area contributed by atoms with Crippen molar-refractivity contribution in [2.24, 2.45) is 7.05 Å². The van der Waals surface area contributed by atoms with Crippen LogP contribution in [0.1, 0.15) is 5.69 Å². The molecular formula is C10H13N5O. The second-order valence-corrected chi connectivity index (χ2v) is 3.58. The molecule has 2 aromatic rings. The molecule has 2 aromatic heterocycles. The Kier molecular flexibility index (Phi) is 2.72. The van der Waals surface area contributed by atoms with Crippen molar-refractivity contribution in [1.29, 1.82) is 0 Å². The molecule has 16 heavy (non-hydrogen) atoms. The topological polar surface area (TPSA) is 64.7 Å². The highest BCUT2D eigenvalue weighted by atomic mass is 16.2. The van der Waals surface area contributed by atoms with Gasteiger partial charge in [-0.3, -0.25) is 9.48 Å². The van der Waals surface area contributed by atoms with Crippen molar-refractivity contribution in [2.75, 3.05) is 5.32 Å². The molecule has 0 aliphatic rings. The van der Waals surface area contributed by atoms with Crippen molar-refractivity contribution in [3.63, 3.8) is 0 Å². The van der Waals surface area contributed by atoms with Crippen LogP contribution in [0.4, 0.5) is 5.82 Å². The number of carbonyl (C=O) groups excluding carboxylic acids is 1. The van der Waals surface area contributed by atoms with Crippen molar-refractivity contribution in [2.45, 2.75) is 13.5 Å². The lowest BCUT2D eigenvalue weighted by Crippen LogP contribution is -2.19. The first-order valence-corrected chi connectivity index (χ1v) is 4.91. The average molecular weight is 219 g/mol. The summed E-state index contributed by atoms with van der Waals surface area (Å²) >= 11 is 0. The van der Waals surface area contributed by atoms with Gasteiger partial charge in [0.05, 0.1) is 12.0 Å². The van der Waals surface area contributed by atoms with Crippen LogP contribution in [0.3, 0.4) is 0 Å². The third-order valence-corrected chi connectivity index (χ3v) is 2.15. The van der Waals surface area contributed by atoms with Crippen LogP contribution in [-0.2, 0) is 18.4 Å². The second-order valence-electron chi connectivity index (χ2n) is 3.58. The van der Waals surface area contributed by atoms with E-state index < -0.39 is 0 Å². The summed E-state index contributed by atoms with van der Waals surface area (Å²) in [6.07, 6.45) is 4.99. The smallest absolute Gasteiger partial charge is 0.245 e. The van der Waals surface area contributed by atoms with Gasteiger partial charge in [-0.15, -0.1) is 0 Å². The number of amides is 1. The molecule has 1 N–H and O–H groups in total. The van der Waals surface area contributed by atoms with E-state index in [2.05, 4.69) is 15.4 Å². The first kappa shape index (κ1) is 10.4. The highest BCUT2D eigenvalue weighted by Crippen LogP contribution is 2.07. The maximum atomic E-state index is 11.6. The number of nitrogens with one attached hydrogen (secondary N) is 1. The molecule has 0 unspecified atom stereocenters.